The zero-order valence-corrected chi connectivity index (χ0v) is 22.9. The molecule has 7 nitrogen and oxygen atoms in total. The third-order valence-electron chi connectivity index (χ3n) is 6.67. The fraction of sp³-hybridized carbons (Fsp3) is 0.345. The van der Waals surface area contributed by atoms with Crippen LogP contribution in [0, 0.1) is 13.8 Å². The van der Waals surface area contributed by atoms with Crippen molar-refractivity contribution in [1.82, 2.24) is 5.32 Å². The van der Waals surface area contributed by atoms with E-state index >= 15 is 0 Å². The van der Waals surface area contributed by atoms with E-state index in [9.17, 15) is 13.2 Å². The molecule has 1 amide bonds. The molecule has 3 aromatic carbocycles. The SMILES string of the molecule is COc1cc(C)c([C@@H](C)NC(=O)[C@H]2CN(S(=O)(=O)c3ccccc3)c3ccc(C)cc3O2)cc1C(C)C. The number of benzene rings is 3. The van der Waals surface area contributed by atoms with Crippen molar-refractivity contribution in [3.8, 4) is 11.5 Å². The van der Waals surface area contributed by atoms with Gasteiger partial charge in [-0.25, -0.2) is 8.42 Å². The number of hydrogen-bond donors (Lipinski definition) is 1. The van der Waals surface area contributed by atoms with Gasteiger partial charge in [-0.1, -0.05) is 38.1 Å². The van der Waals surface area contributed by atoms with Gasteiger partial charge in [0.05, 0.1) is 30.3 Å². The Morgan fingerprint density at radius 1 is 1.03 bits per heavy atom. The van der Waals surface area contributed by atoms with Gasteiger partial charge in [0.15, 0.2) is 6.10 Å². The molecule has 0 radical (unpaired) electrons. The van der Waals surface area contributed by atoms with Crippen LogP contribution in [0.2, 0.25) is 0 Å². The van der Waals surface area contributed by atoms with Gasteiger partial charge in [0.25, 0.3) is 15.9 Å². The van der Waals surface area contributed by atoms with Gasteiger partial charge in [-0.3, -0.25) is 9.10 Å². The number of anilines is 1. The van der Waals surface area contributed by atoms with Crippen LogP contribution >= 0.6 is 0 Å². The zero-order chi connectivity index (χ0) is 26.9. The summed E-state index contributed by atoms with van der Waals surface area (Å²) < 4.78 is 40.0. The van der Waals surface area contributed by atoms with Gasteiger partial charge < -0.3 is 14.8 Å². The second kappa shape index (κ2) is 10.5. The van der Waals surface area contributed by atoms with Crippen molar-refractivity contribution in [3.63, 3.8) is 0 Å². The van der Waals surface area contributed by atoms with Crippen molar-refractivity contribution in [1.29, 1.82) is 0 Å². The quantitative estimate of drug-likeness (QED) is 0.457. The van der Waals surface area contributed by atoms with Crippen molar-refractivity contribution < 1.29 is 22.7 Å². The molecule has 1 aliphatic heterocycles. The Labute approximate surface area is 219 Å². The van der Waals surface area contributed by atoms with Crippen molar-refractivity contribution in [3.05, 3.63) is 82.9 Å². The first-order valence-electron chi connectivity index (χ1n) is 12.4. The fourth-order valence-electron chi connectivity index (χ4n) is 4.64. The number of carbonyl (C=O) groups is 1. The number of aryl methyl sites for hydroxylation is 2. The lowest BCUT2D eigenvalue weighted by molar-refractivity contribution is -0.128. The van der Waals surface area contributed by atoms with Gasteiger partial charge in [-0.15, -0.1) is 0 Å². The second-order valence-corrected chi connectivity index (χ2v) is 11.6. The number of amides is 1. The molecule has 0 aliphatic carbocycles. The van der Waals surface area contributed by atoms with Crippen LogP contribution in [0.5, 0.6) is 11.5 Å². The average molecular weight is 523 g/mol. The topological polar surface area (TPSA) is 84.9 Å². The predicted octanol–water partition coefficient (Wildman–Crippen LogP) is 5.27. The molecule has 3 aromatic rings. The average Bonchev–Trinajstić information content (AvgIpc) is 2.87. The lowest BCUT2D eigenvalue weighted by Gasteiger charge is -2.35. The summed E-state index contributed by atoms with van der Waals surface area (Å²) in [5, 5.41) is 3.04. The molecule has 196 valence electrons. The van der Waals surface area contributed by atoms with Gasteiger partial charge in [-0.2, -0.15) is 0 Å². The van der Waals surface area contributed by atoms with Gasteiger partial charge in [0.1, 0.15) is 11.5 Å². The minimum Gasteiger partial charge on any atom is -0.496 e. The third-order valence-corrected chi connectivity index (χ3v) is 8.47. The predicted molar refractivity (Wildman–Crippen MR) is 145 cm³/mol. The molecule has 0 unspecified atom stereocenters. The largest absolute Gasteiger partial charge is 0.496 e. The summed E-state index contributed by atoms with van der Waals surface area (Å²) in [5.74, 6) is 1.05. The Bertz CT molecular complexity index is 1400. The van der Waals surface area contributed by atoms with Gasteiger partial charge >= 0.3 is 0 Å². The highest BCUT2D eigenvalue weighted by Crippen LogP contribution is 2.38. The molecule has 1 heterocycles. The first-order chi connectivity index (χ1) is 17.5. The van der Waals surface area contributed by atoms with E-state index in [0.717, 1.165) is 28.0 Å². The van der Waals surface area contributed by atoms with E-state index in [2.05, 4.69) is 25.2 Å². The van der Waals surface area contributed by atoms with Crippen LogP contribution in [0.4, 0.5) is 5.69 Å². The molecule has 0 saturated heterocycles. The number of nitrogens with zero attached hydrogens (tertiary/aromatic N) is 1. The molecule has 37 heavy (non-hydrogen) atoms. The molecule has 0 bridgehead atoms. The van der Waals surface area contributed by atoms with E-state index in [1.165, 1.54) is 4.31 Å². The minimum absolute atomic E-state index is 0.134. The Balaban J connectivity index is 1.64. The van der Waals surface area contributed by atoms with Crippen LogP contribution in [0.15, 0.2) is 65.6 Å². The van der Waals surface area contributed by atoms with Crippen LogP contribution in [0.3, 0.4) is 0 Å². The van der Waals surface area contributed by atoms with E-state index in [1.807, 2.05) is 32.9 Å². The molecule has 1 N–H and O–H groups in total. The van der Waals surface area contributed by atoms with Crippen molar-refractivity contribution in [2.24, 2.45) is 0 Å². The number of methoxy groups -OCH3 is 1. The molecule has 0 fully saturated rings. The number of sulfonamides is 1. The maximum absolute atomic E-state index is 13.6. The van der Waals surface area contributed by atoms with E-state index < -0.39 is 16.1 Å². The molecule has 0 saturated carbocycles. The number of carbonyl (C=O) groups excluding carboxylic acids is 1. The van der Waals surface area contributed by atoms with Crippen LogP contribution in [-0.4, -0.2) is 34.1 Å². The summed E-state index contributed by atoms with van der Waals surface area (Å²) in [7, 11) is -2.25. The number of rotatable bonds is 7. The molecular formula is C29H34N2O5S. The van der Waals surface area contributed by atoms with E-state index in [-0.39, 0.29) is 29.3 Å². The Morgan fingerprint density at radius 2 is 1.73 bits per heavy atom. The second-order valence-electron chi connectivity index (χ2n) is 9.76. The Kier molecular flexibility index (Phi) is 7.50. The molecule has 8 heteroatoms. The van der Waals surface area contributed by atoms with Crippen molar-refractivity contribution in [2.75, 3.05) is 18.0 Å². The Hall–Kier alpha value is -3.52. The maximum atomic E-state index is 13.6. The minimum atomic E-state index is -3.91. The zero-order valence-electron chi connectivity index (χ0n) is 22.1. The lowest BCUT2D eigenvalue weighted by atomic mass is 9.93. The lowest BCUT2D eigenvalue weighted by Crippen LogP contribution is -2.51. The Morgan fingerprint density at radius 3 is 2.38 bits per heavy atom. The molecule has 2 atom stereocenters. The highest BCUT2D eigenvalue weighted by molar-refractivity contribution is 7.92. The highest BCUT2D eigenvalue weighted by atomic mass is 32.2. The van der Waals surface area contributed by atoms with E-state index in [0.29, 0.717) is 11.4 Å². The standard InChI is InChI=1S/C29H34N2O5S/c1-18(2)23-16-24(20(4)15-26(23)35-6)21(5)30-29(32)28-17-31(25-13-12-19(3)14-27(25)36-28)37(33,34)22-10-8-7-9-11-22/h7-16,18,21,28H,17H2,1-6H3,(H,30,32)/t21-,28-/m1/s1. The third kappa shape index (κ3) is 5.30. The fourth-order valence-corrected chi connectivity index (χ4v) is 6.14. The van der Waals surface area contributed by atoms with E-state index in [1.54, 1.807) is 49.6 Å². The van der Waals surface area contributed by atoms with Crippen LogP contribution < -0.4 is 19.1 Å². The first-order valence-corrected chi connectivity index (χ1v) is 13.8. The van der Waals surface area contributed by atoms with Crippen LogP contribution in [0.1, 0.15) is 55.0 Å². The van der Waals surface area contributed by atoms with Gasteiger partial charge in [0, 0.05) is 0 Å². The summed E-state index contributed by atoms with van der Waals surface area (Å²) >= 11 is 0. The summed E-state index contributed by atoms with van der Waals surface area (Å²) in [4.78, 5) is 13.6. The van der Waals surface area contributed by atoms with Gasteiger partial charge in [0.2, 0.25) is 0 Å². The molecule has 0 spiro atoms. The molecule has 4 rings (SSSR count). The molecular weight excluding hydrogens is 488 g/mol. The summed E-state index contributed by atoms with van der Waals surface area (Å²) in [5.41, 5.74) is 4.34. The summed E-state index contributed by atoms with van der Waals surface area (Å²) in [6.45, 7) is 9.84. The van der Waals surface area contributed by atoms with Gasteiger partial charge in [-0.05, 0) is 85.3 Å². The highest BCUT2D eigenvalue weighted by Gasteiger charge is 2.38. The molecule has 0 aromatic heterocycles. The smallest absolute Gasteiger partial charge is 0.264 e. The normalized spacial score (nSPS) is 16.1. The monoisotopic (exact) mass is 522 g/mol. The summed E-state index contributed by atoms with van der Waals surface area (Å²) in [6, 6.07) is 17.3. The first kappa shape index (κ1) is 26.5. The van der Waals surface area contributed by atoms with Crippen molar-refractivity contribution >= 4 is 21.6 Å². The molecule has 1 aliphatic rings. The summed E-state index contributed by atoms with van der Waals surface area (Å²) in [6.07, 6.45) is -1.02. The number of hydrogen-bond acceptors (Lipinski definition) is 5. The van der Waals surface area contributed by atoms with Crippen LogP contribution in [-0.2, 0) is 14.8 Å². The maximum Gasteiger partial charge on any atom is 0.264 e. The van der Waals surface area contributed by atoms with Crippen molar-refractivity contribution in [2.45, 2.75) is 57.6 Å². The van der Waals surface area contributed by atoms with E-state index in [4.69, 9.17) is 9.47 Å². The number of fused-ring (bicyclic) bond motifs is 1. The number of nitrogens with one attached hydrogen (secondary N) is 1. The van der Waals surface area contributed by atoms with Crippen LogP contribution in [0.25, 0.3) is 0 Å². The number of ether oxygens (including phenoxy) is 2.